The standard InChI is InChI=1S/C35H62O2S/c1-8-9-10-11-12-13-14-15-16-17-18-19-20-21-22-23-26-37-32(38)25-24-29-27-30(34(2,3)4)33(36)31(28-29)35(5,6)7/h27-28,36H,8-26H2,1-7H3. The van der Waals surface area contributed by atoms with E-state index in [1.165, 1.54) is 102 Å². The highest BCUT2D eigenvalue weighted by atomic mass is 32.1. The highest BCUT2D eigenvalue weighted by molar-refractivity contribution is 7.80. The summed E-state index contributed by atoms with van der Waals surface area (Å²) in [5.41, 5.74) is 3.04. The average molecular weight is 547 g/mol. The highest BCUT2D eigenvalue weighted by Gasteiger charge is 2.26. The van der Waals surface area contributed by atoms with Gasteiger partial charge in [-0.2, -0.15) is 0 Å². The van der Waals surface area contributed by atoms with Gasteiger partial charge < -0.3 is 9.84 Å². The molecule has 2 nitrogen and oxygen atoms in total. The van der Waals surface area contributed by atoms with Crippen molar-refractivity contribution in [3.8, 4) is 5.75 Å². The van der Waals surface area contributed by atoms with Crippen molar-refractivity contribution < 1.29 is 9.84 Å². The Hall–Kier alpha value is -1.09. The number of aryl methyl sites for hydroxylation is 1. The molecule has 0 aromatic heterocycles. The number of unbranched alkanes of at least 4 members (excludes halogenated alkanes) is 15. The maximum absolute atomic E-state index is 10.9. The lowest BCUT2D eigenvalue weighted by Gasteiger charge is -2.28. The molecule has 0 amide bonds. The number of rotatable bonds is 20. The molecule has 1 rings (SSSR count). The first kappa shape index (κ1) is 34.9. The quantitative estimate of drug-likeness (QED) is 0.130. The van der Waals surface area contributed by atoms with Crippen LogP contribution in [-0.4, -0.2) is 16.8 Å². The van der Waals surface area contributed by atoms with Crippen molar-refractivity contribution in [2.75, 3.05) is 6.61 Å². The van der Waals surface area contributed by atoms with Crippen molar-refractivity contribution in [3.63, 3.8) is 0 Å². The fraction of sp³-hybridized carbons (Fsp3) is 0.800. The lowest BCUT2D eigenvalue weighted by atomic mass is 9.78. The third kappa shape index (κ3) is 15.5. The Bertz CT molecular complexity index is 734. The fourth-order valence-electron chi connectivity index (χ4n) is 5.14. The second kappa shape index (κ2) is 19.1. The third-order valence-corrected chi connectivity index (χ3v) is 7.99. The number of phenols is 1. The van der Waals surface area contributed by atoms with Crippen LogP contribution in [0, 0.1) is 0 Å². The summed E-state index contributed by atoms with van der Waals surface area (Å²) >= 11 is 5.53. The molecule has 0 aliphatic heterocycles. The van der Waals surface area contributed by atoms with Gasteiger partial charge in [0, 0.05) is 6.42 Å². The van der Waals surface area contributed by atoms with E-state index in [2.05, 4.69) is 60.6 Å². The van der Waals surface area contributed by atoms with Gasteiger partial charge >= 0.3 is 0 Å². The Balaban J connectivity index is 2.13. The van der Waals surface area contributed by atoms with Gasteiger partial charge in [-0.15, -0.1) is 0 Å². The minimum absolute atomic E-state index is 0.107. The molecule has 0 saturated heterocycles. The van der Waals surface area contributed by atoms with Gasteiger partial charge in [0.05, 0.1) is 6.61 Å². The van der Waals surface area contributed by atoms with E-state index in [1.807, 2.05) is 0 Å². The van der Waals surface area contributed by atoms with Gasteiger partial charge in [0.25, 0.3) is 0 Å². The lowest BCUT2D eigenvalue weighted by molar-refractivity contribution is 0.292. The minimum Gasteiger partial charge on any atom is -0.507 e. The molecular formula is C35H62O2S. The summed E-state index contributed by atoms with van der Waals surface area (Å²) in [4.78, 5) is 0. The second-order valence-electron chi connectivity index (χ2n) is 13.6. The molecule has 3 heteroatoms. The Morgan fingerprint density at radius 3 is 1.39 bits per heavy atom. The molecule has 0 heterocycles. The Morgan fingerprint density at radius 2 is 1.03 bits per heavy atom. The largest absolute Gasteiger partial charge is 0.507 e. The molecule has 0 saturated carbocycles. The van der Waals surface area contributed by atoms with Crippen LogP contribution in [-0.2, 0) is 22.0 Å². The predicted octanol–water partition coefficient (Wildman–Crippen LogP) is 11.5. The summed E-state index contributed by atoms with van der Waals surface area (Å²) < 4.78 is 5.88. The summed E-state index contributed by atoms with van der Waals surface area (Å²) in [7, 11) is 0. The van der Waals surface area contributed by atoms with Crippen molar-refractivity contribution in [1.29, 1.82) is 0 Å². The first-order valence-electron chi connectivity index (χ1n) is 16.0. The van der Waals surface area contributed by atoms with E-state index >= 15 is 0 Å². The summed E-state index contributed by atoms with van der Waals surface area (Å²) in [6.07, 6.45) is 23.7. The van der Waals surface area contributed by atoms with Crippen molar-refractivity contribution >= 4 is 17.3 Å². The molecule has 0 fully saturated rings. The van der Waals surface area contributed by atoms with E-state index in [0.29, 0.717) is 10.8 Å². The van der Waals surface area contributed by atoms with Crippen LogP contribution in [0.2, 0.25) is 0 Å². The second-order valence-corrected chi connectivity index (χ2v) is 14.0. The molecule has 0 atom stereocenters. The molecule has 0 radical (unpaired) electrons. The number of aromatic hydroxyl groups is 1. The van der Waals surface area contributed by atoms with Crippen LogP contribution >= 0.6 is 12.2 Å². The molecule has 220 valence electrons. The molecule has 0 spiro atoms. The zero-order valence-corrected chi connectivity index (χ0v) is 27.2. The monoisotopic (exact) mass is 546 g/mol. The average Bonchev–Trinajstić information content (AvgIpc) is 2.83. The van der Waals surface area contributed by atoms with Crippen molar-refractivity contribution in [2.24, 2.45) is 0 Å². The Labute approximate surface area is 242 Å². The third-order valence-electron chi connectivity index (χ3n) is 7.66. The molecule has 38 heavy (non-hydrogen) atoms. The fourth-order valence-corrected chi connectivity index (χ4v) is 5.32. The van der Waals surface area contributed by atoms with Gasteiger partial charge in [-0.3, -0.25) is 0 Å². The van der Waals surface area contributed by atoms with E-state index in [0.717, 1.165) is 37.0 Å². The van der Waals surface area contributed by atoms with Gasteiger partial charge in [-0.25, -0.2) is 0 Å². The SMILES string of the molecule is CCCCCCCCCCCCCCCCCCOC(=S)CCc1cc(C(C)(C)C)c(O)c(C(C)(C)C)c1. The van der Waals surface area contributed by atoms with E-state index in [4.69, 9.17) is 17.0 Å². The first-order chi connectivity index (χ1) is 18.0. The molecular weight excluding hydrogens is 484 g/mol. The number of hydrogen-bond acceptors (Lipinski definition) is 3. The molecule has 0 aliphatic rings. The van der Waals surface area contributed by atoms with Crippen LogP contribution in [0.15, 0.2) is 12.1 Å². The van der Waals surface area contributed by atoms with E-state index < -0.39 is 0 Å². The summed E-state index contributed by atoms with van der Waals surface area (Å²) in [6, 6.07) is 4.31. The molecule has 1 aromatic rings. The Kier molecular flexibility index (Phi) is 17.5. The smallest absolute Gasteiger partial charge is 0.159 e. The van der Waals surface area contributed by atoms with Crippen LogP contribution in [0.1, 0.15) is 174 Å². The molecule has 0 aliphatic carbocycles. The van der Waals surface area contributed by atoms with Crippen molar-refractivity contribution in [1.82, 2.24) is 0 Å². The highest BCUT2D eigenvalue weighted by Crippen LogP contribution is 2.40. The zero-order valence-electron chi connectivity index (χ0n) is 26.4. The predicted molar refractivity (Wildman–Crippen MR) is 172 cm³/mol. The normalized spacial score (nSPS) is 12.2. The molecule has 1 aromatic carbocycles. The number of hydrogen-bond donors (Lipinski definition) is 1. The van der Waals surface area contributed by atoms with Crippen LogP contribution in [0.3, 0.4) is 0 Å². The van der Waals surface area contributed by atoms with Crippen molar-refractivity contribution in [3.05, 3.63) is 28.8 Å². The van der Waals surface area contributed by atoms with E-state index in [1.54, 1.807) is 0 Å². The molecule has 0 unspecified atom stereocenters. The zero-order chi connectivity index (χ0) is 28.4. The van der Waals surface area contributed by atoms with Gasteiger partial charge in [-0.05, 0) is 52.6 Å². The van der Waals surface area contributed by atoms with Crippen molar-refractivity contribution in [2.45, 2.75) is 175 Å². The number of ether oxygens (including phenoxy) is 1. The van der Waals surface area contributed by atoms with Gasteiger partial charge in [0.2, 0.25) is 0 Å². The minimum atomic E-state index is -0.107. The summed E-state index contributed by atoms with van der Waals surface area (Å²) in [6.45, 7) is 16.0. The maximum Gasteiger partial charge on any atom is 0.159 e. The molecule has 1 N–H and O–H groups in total. The van der Waals surface area contributed by atoms with Gasteiger partial charge in [0.1, 0.15) is 5.75 Å². The number of thiocarbonyl (C=S) groups is 1. The summed E-state index contributed by atoms with van der Waals surface area (Å²) in [5.74, 6) is 0.441. The van der Waals surface area contributed by atoms with Crippen LogP contribution < -0.4 is 0 Å². The van der Waals surface area contributed by atoms with E-state index in [-0.39, 0.29) is 10.8 Å². The van der Waals surface area contributed by atoms with Gasteiger partial charge in [-0.1, -0.05) is 157 Å². The van der Waals surface area contributed by atoms with E-state index in [9.17, 15) is 5.11 Å². The summed E-state index contributed by atoms with van der Waals surface area (Å²) in [5, 5.41) is 11.6. The number of phenolic OH excluding ortho intramolecular Hbond substituents is 1. The first-order valence-corrected chi connectivity index (χ1v) is 16.4. The van der Waals surface area contributed by atoms with Crippen LogP contribution in [0.5, 0.6) is 5.75 Å². The topological polar surface area (TPSA) is 29.5 Å². The van der Waals surface area contributed by atoms with Crippen LogP contribution in [0.4, 0.5) is 0 Å². The lowest BCUT2D eigenvalue weighted by Crippen LogP contribution is -2.18. The van der Waals surface area contributed by atoms with Gasteiger partial charge in [0.15, 0.2) is 5.05 Å². The number of benzene rings is 1. The van der Waals surface area contributed by atoms with Crippen LogP contribution in [0.25, 0.3) is 0 Å². The molecule has 0 bridgehead atoms. The Morgan fingerprint density at radius 1 is 0.658 bits per heavy atom. The maximum atomic E-state index is 10.9.